The van der Waals surface area contributed by atoms with Crippen molar-refractivity contribution in [3.8, 4) is 0 Å². The summed E-state index contributed by atoms with van der Waals surface area (Å²) in [6, 6.07) is 21.9. The van der Waals surface area contributed by atoms with E-state index in [0.717, 1.165) is 16.9 Å². The Hall–Kier alpha value is -4.43. The van der Waals surface area contributed by atoms with Gasteiger partial charge >= 0.3 is 5.97 Å². The van der Waals surface area contributed by atoms with Crippen LogP contribution < -0.4 is 21.3 Å². The number of hydrogen-bond donors (Lipinski definition) is 3. The normalized spacial score (nSPS) is 13.5. The predicted octanol–water partition coefficient (Wildman–Crippen LogP) is 3.72. The first-order valence-corrected chi connectivity index (χ1v) is 11.1. The van der Waals surface area contributed by atoms with Gasteiger partial charge in [-0.1, -0.05) is 36.4 Å². The van der Waals surface area contributed by atoms with E-state index in [9.17, 15) is 14.4 Å². The van der Waals surface area contributed by atoms with Gasteiger partial charge in [-0.05, 0) is 42.0 Å². The second kappa shape index (κ2) is 10.2. The monoisotopic (exact) mass is 470 g/mol. The first-order valence-electron chi connectivity index (χ1n) is 11.1. The molecule has 1 aliphatic rings. The number of carbonyl (C=O) groups excluding carboxylic acids is 3. The van der Waals surface area contributed by atoms with E-state index in [1.165, 1.54) is 7.11 Å². The van der Waals surface area contributed by atoms with E-state index in [1.807, 2.05) is 54.6 Å². The van der Waals surface area contributed by atoms with Crippen molar-refractivity contribution in [2.75, 3.05) is 36.2 Å². The van der Waals surface area contributed by atoms with Crippen LogP contribution in [0.4, 0.5) is 17.1 Å². The number of carbonyl (C=O) groups is 3. The van der Waals surface area contributed by atoms with Gasteiger partial charge in [-0.25, -0.2) is 4.79 Å². The Kier molecular flexibility index (Phi) is 6.93. The van der Waals surface area contributed by atoms with Crippen LogP contribution in [0.1, 0.15) is 27.9 Å². The quantitative estimate of drug-likeness (QED) is 0.358. The standard InChI is InChI=1S/C27H26N4O4/c1-31(23(32)14-15-28)20-11-9-19(10-12-20)29-25(17-6-4-3-5-7-17)24-21-13-8-18(27(34)35-2)16-22(21)30-26(24)33/h3-13,16,29H,14-15,28H2,1-2H3,(H,30,33). The SMILES string of the molecule is COC(=O)c1ccc2c(c1)NC(=O)C2=C(Nc1ccc(N(C)C(=O)CCN)cc1)c1ccccc1. The largest absolute Gasteiger partial charge is 0.465 e. The zero-order valence-electron chi connectivity index (χ0n) is 19.5. The summed E-state index contributed by atoms with van der Waals surface area (Å²) < 4.78 is 4.79. The summed E-state index contributed by atoms with van der Waals surface area (Å²) >= 11 is 0. The summed E-state index contributed by atoms with van der Waals surface area (Å²) in [5.41, 5.74) is 10.4. The van der Waals surface area contributed by atoms with Crippen LogP contribution in [0.25, 0.3) is 11.3 Å². The molecule has 8 nitrogen and oxygen atoms in total. The summed E-state index contributed by atoms with van der Waals surface area (Å²) in [5.74, 6) is -0.821. The number of hydrogen-bond acceptors (Lipinski definition) is 6. The summed E-state index contributed by atoms with van der Waals surface area (Å²) in [6.45, 7) is 0.293. The first-order chi connectivity index (χ1) is 16.9. The number of benzene rings is 3. The van der Waals surface area contributed by atoms with Crippen molar-refractivity contribution in [1.29, 1.82) is 0 Å². The smallest absolute Gasteiger partial charge is 0.337 e. The molecule has 4 rings (SSSR count). The molecule has 0 fully saturated rings. The maximum absolute atomic E-state index is 13.1. The number of nitrogens with two attached hydrogens (primary N) is 1. The van der Waals surface area contributed by atoms with Crippen LogP contribution in [0.15, 0.2) is 72.8 Å². The molecular formula is C27H26N4O4. The first kappa shape index (κ1) is 23.7. The Bertz CT molecular complexity index is 1300. The molecule has 0 bridgehead atoms. The molecule has 8 heteroatoms. The molecule has 35 heavy (non-hydrogen) atoms. The average Bonchev–Trinajstić information content (AvgIpc) is 3.22. The lowest BCUT2D eigenvalue weighted by molar-refractivity contribution is -0.118. The van der Waals surface area contributed by atoms with Gasteiger partial charge in [0.1, 0.15) is 0 Å². The van der Waals surface area contributed by atoms with Crippen molar-refractivity contribution >= 4 is 46.1 Å². The topological polar surface area (TPSA) is 114 Å². The van der Waals surface area contributed by atoms with Crippen LogP contribution >= 0.6 is 0 Å². The van der Waals surface area contributed by atoms with Gasteiger partial charge in [0.25, 0.3) is 5.91 Å². The van der Waals surface area contributed by atoms with Crippen LogP contribution in [0.3, 0.4) is 0 Å². The summed E-state index contributed by atoms with van der Waals surface area (Å²) in [4.78, 5) is 38.7. The highest BCUT2D eigenvalue weighted by Gasteiger charge is 2.29. The fraction of sp³-hybridized carbons (Fsp3) is 0.148. The number of rotatable bonds is 7. The lowest BCUT2D eigenvalue weighted by Crippen LogP contribution is -2.27. The van der Waals surface area contributed by atoms with Gasteiger partial charge < -0.3 is 26.0 Å². The third kappa shape index (κ3) is 4.92. The van der Waals surface area contributed by atoms with Crippen molar-refractivity contribution in [2.24, 2.45) is 5.73 Å². The maximum atomic E-state index is 13.1. The number of methoxy groups -OCH3 is 1. The molecule has 1 heterocycles. The van der Waals surface area contributed by atoms with Crippen molar-refractivity contribution in [3.63, 3.8) is 0 Å². The van der Waals surface area contributed by atoms with Gasteiger partial charge in [0, 0.05) is 37.0 Å². The minimum atomic E-state index is -0.476. The molecule has 2 amide bonds. The lowest BCUT2D eigenvalue weighted by atomic mass is 9.99. The van der Waals surface area contributed by atoms with Gasteiger partial charge in [0.15, 0.2) is 0 Å². The Balaban J connectivity index is 1.73. The molecule has 0 aliphatic carbocycles. The van der Waals surface area contributed by atoms with Gasteiger partial charge in [-0.15, -0.1) is 0 Å². The van der Waals surface area contributed by atoms with Crippen LogP contribution in [0.2, 0.25) is 0 Å². The number of ether oxygens (including phenoxy) is 1. The molecular weight excluding hydrogens is 444 g/mol. The average molecular weight is 471 g/mol. The molecule has 0 saturated heterocycles. The highest BCUT2D eigenvalue weighted by molar-refractivity contribution is 6.37. The third-order valence-corrected chi connectivity index (χ3v) is 5.75. The van der Waals surface area contributed by atoms with E-state index in [4.69, 9.17) is 10.5 Å². The van der Waals surface area contributed by atoms with Gasteiger partial charge in [-0.2, -0.15) is 0 Å². The number of nitrogens with zero attached hydrogens (tertiary/aromatic N) is 1. The van der Waals surface area contributed by atoms with Crippen LogP contribution in [-0.4, -0.2) is 38.5 Å². The predicted molar refractivity (Wildman–Crippen MR) is 137 cm³/mol. The fourth-order valence-corrected chi connectivity index (χ4v) is 3.90. The van der Waals surface area contributed by atoms with Crippen LogP contribution in [0.5, 0.6) is 0 Å². The van der Waals surface area contributed by atoms with E-state index < -0.39 is 5.97 Å². The zero-order valence-corrected chi connectivity index (χ0v) is 19.5. The Labute approximate surface area is 203 Å². The molecule has 0 spiro atoms. The molecule has 4 N–H and O–H groups in total. The van der Waals surface area contributed by atoms with Crippen molar-refractivity contribution in [1.82, 2.24) is 0 Å². The highest BCUT2D eigenvalue weighted by atomic mass is 16.5. The van der Waals surface area contributed by atoms with E-state index in [0.29, 0.717) is 34.6 Å². The molecule has 1 aliphatic heterocycles. The molecule has 0 atom stereocenters. The van der Waals surface area contributed by atoms with E-state index >= 15 is 0 Å². The minimum Gasteiger partial charge on any atom is -0.465 e. The second-order valence-electron chi connectivity index (χ2n) is 7.99. The highest BCUT2D eigenvalue weighted by Crippen LogP contribution is 2.38. The zero-order chi connectivity index (χ0) is 24.9. The van der Waals surface area contributed by atoms with Gasteiger partial charge in [0.05, 0.1) is 29.6 Å². The lowest BCUT2D eigenvalue weighted by Gasteiger charge is -2.19. The van der Waals surface area contributed by atoms with Crippen molar-refractivity contribution < 1.29 is 19.1 Å². The van der Waals surface area contributed by atoms with Crippen molar-refractivity contribution in [2.45, 2.75) is 6.42 Å². The molecule has 3 aromatic rings. The third-order valence-electron chi connectivity index (χ3n) is 5.75. The van der Waals surface area contributed by atoms with Crippen LogP contribution in [0, 0.1) is 0 Å². The van der Waals surface area contributed by atoms with E-state index in [1.54, 1.807) is 30.1 Å². The second-order valence-corrected chi connectivity index (χ2v) is 7.99. The van der Waals surface area contributed by atoms with Gasteiger partial charge in [0.2, 0.25) is 5.91 Å². The molecule has 0 unspecified atom stereocenters. The molecule has 0 aromatic heterocycles. The number of amides is 2. The Morgan fingerprint density at radius 1 is 1.00 bits per heavy atom. The number of anilines is 3. The molecule has 3 aromatic carbocycles. The molecule has 0 saturated carbocycles. The Morgan fingerprint density at radius 2 is 1.71 bits per heavy atom. The summed E-state index contributed by atoms with van der Waals surface area (Å²) in [6.07, 6.45) is 0.271. The molecule has 178 valence electrons. The number of esters is 1. The van der Waals surface area contributed by atoms with E-state index in [2.05, 4.69) is 10.6 Å². The number of nitrogens with one attached hydrogen (secondary N) is 2. The van der Waals surface area contributed by atoms with Crippen LogP contribution in [-0.2, 0) is 14.3 Å². The summed E-state index contributed by atoms with van der Waals surface area (Å²) in [5, 5.41) is 6.23. The fourth-order valence-electron chi connectivity index (χ4n) is 3.90. The molecule has 0 radical (unpaired) electrons. The van der Waals surface area contributed by atoms with Gasteiger partial charge in [-0.3, -0.25) is 9.59 Å². The van der Waals surface area contributed by atoms with Crippen molar-refractivity contribution in [3.05, 3.63) is 89.5 Å². The maximum Gasteiger partial charge on any atom is 0.337 e. The Morgan fingerprint density at radius 3 is 2.37 bits per heavy atom. The number of fused-ring (bicyclic) bond motifs is 1. The minimum absolute atomic E-state index is 0.0640. The van der Waals surface area contributed by atoms with E-state index in [-0.39, 0.29) is 18.2 Å². The summed E-state index contributed by atoms with van der Waals surface area (Å²) in [7, 11) is 3.02.